The molecule has 0 aliphatic heterocycles. The molecule has 0 N–H and O–H groups in total. The summed E-state index contributed by atoms with van der Waals surface area (Å²) >= 11 is 3.72. The Bertz CT molecular complexity index is 282. The molecule has 0 amide bonds. The van der Waals surface area contributed by atoms with Crippen molar-refractivity contribution in [2.45, 2.75) is 26.2 Å². The first-order valence-corrected chi connectivity index (χ1v) is 5.44. The van der Waals surface area contributed by atoms with Gasteiger partial charge in [0.05, 0.1) is 0 Å². The van der Waals surface area contributed by atoms with Crippen LogP contribution in [-0.2, 0) is 0 Å². The van der Waals surface area contributed by atoms with Gasteiger partial charge in [0.2, 0.25) is 3.83 Å². The van der Waals surface area contributed by atoms with E-state index in [2.05, 4.69) is 45.8 Å². The lowest BCUT2D eigenvalue weighted by molar-refractivity contribution is 0.620. The lowest BCUT2D eigenvalue weighted by Gasteiger charge is -1.96. The van der Waals surface area contributed by atoms with E-state index in [1.807, 2.05) is 0 Å². The largest absolute Gasteiger partial charge is 0.215 e. The predicted octanol–water partition coefficient (Wildman–Crippen LogP) is 2.66. The van der Waals surface area contributed by atoms with Crippen molar-refractivity contribution in [2.75, 3.05) is 0 Å². The number of rotatable bonds is 1. The summed E-state index contributed by atoms with van der Waals surface area (Å²) < 4.78 is 5.05. The molecule has 1 aromatic rings. The Morgan fingerprint density at radius 1 is 1.64 bits per heavy atom. The van der Waals surface area contributed by atoms with Gasteiger partial charge in [-0.1, -0.05) is 13.8 Å². The summed E-state index contributed by atoms with van der Waals surface area (Å²) in [5.74, 6) is 0.684. The molecule has 11 heavy (non-hydrogen) atoms. The van der Waals surface area contributed by atoms with Crippen LogP contribution in [0.1, 0.15) is 31.2 Å². The van der Waals surface area contributed by atoms with Crippen molar-refractivity contribution in [2.24, 2.45) is 5.41 Å². The Hall–Kier alpha value is 0.290. The normalized spacial score (nSPS) is 27.0. The summed E-state index contributed by atoms with van der Waals surface area (Å²) in [6, 6.07) is 0. The molecule has 4 heteroatoms. The third-order valence-electron chi connectivity index (χ3n) is 2.23. The highest BCUT2D eigenvalue weighted by atomic mass is 127. The fraction of sp³-hybridized carbons (Fsp3) is 0.714. The molecule has 1 aliphatic rings. The van der Waals surface area contributed by atoms with E-state index < -0.39 is 0 Å². The van der Waals surface area contributed by atoms with E-state index in [1.165, 1.54) is 11.4 Å². The summed E-state index contributed by atoms with van der Waals surface area (Å²) in [5, 5.41) is 1.22. The van der Waals surface area contributed by atoms with Gasteiger partial charge in [0.15, 0.2) is 0 Å². The summed E-state index contributed by atoms with van der Waals surface area (Å²) in [6.45, 7) is 4.57. The number of hydrogen-bond donors (Lipinski definition) is 0. The Labute approximate surface area is 83.7 Å². The minimum atomic E-state index is 0.489. The smallest absolute Gasteiger partial charge is 0.203 e. The monoisotopic (exact) mass is 280 g/mol. The Morgan fingerprint density at radius 3 is 2.64 bits per heavy atom. The van der Waals surface area contributed by atoms with Crippen molar-refractivity contribution >= 4 is 34.1 Å². The summed E-state index contributed by atoms with van der Waals surface area (Å²) in [7, 11) is 0. The van der Waals surface area contributed by atoms with Crippen LogP contribution in [0, 0.1) is 9.25 Å². The van der Waals surface area contributed by atoms with E-state index in [0.717, 1.165) is 3.83 Å². The molecule has 1 heterocycles. The van der Waals surface area contributed by atoms with Gasteiger partial charge in [0, 0.05) is 28.5 Å². The van der Waals surface area contributed by atoms with E-state index in [0.29, 0.717) is 11.3 Å². The molecule has 2 nitrogen and oxygen atoms in total. The highest BCUT2D eigenvalue weighted by Gasteiger charge is 2.48. The molecule has 1 unspecified atom stereocenters. The quantitative estimate of drug-likeness (QED) is 0.739. The van der Waals surface area contributed by atoms with E-state index >= 15 is 0 Å². The van der Waals surface area contributed by atoms with Crippen LogP contribution in [-0.4, -0.2) is 9.36 Å². The first-order valence-electron chi connectivity index (χ1n) is 3.59. The highest BCUT2D eigenvalue weighted by molar-refractivity contribution is 14.1. The number of halogens is 1. The minimum Gasteiger partial charge on any atom is -0.215 e. The van der Waals surface area contributed by atoms with E-state index in [-0.39, 0.29) is 0 Å². The molecule has 0 spiro atoms. The third kappa shape index (κ3) is 1.42. The topological polar surface area (TPSA) is 25.8 Å². The zero-order chi connectivity index (χ0) is 8.06. The average molecular weight is 280 g/mol. The van der Waals surface area contributed by atoms with Gasteiger partial charge < -0.3 is 0 Å². The molecule has 1 aromatic heterocycles. The van der Waals surface area contributed by atoms with Crippen LogP contribution >= 0.6 is 34.1 Å². The van der Waals surface area contributed by atoms with Gasteiger partial charge in [-0.15, -0.1) is 0 Å². The van der Waals surface area contributed by atoms with Crippen molar-refractivity contribution < 1.29 is 0 Å². The number of aromatic nitrogens is 2. The fourth-order valence-corrected chi connectivity index (χ4v) is 2.83. The molecule has 1 aliphatic carbocycles. The van der Waals surface area contributed by atoms with Crippen LogP contribution in [0.2, 0.25) is 0 Å². The van der Waals surface area contributed by atoms with Crippen molar-refractivity contribution in [3.63, 3.8) is 0 Å². The fourth-order valence-electron chi connectivity index (χ4n) is 1.25. The zero-order valence-corrected chi connectivity index (χ0v) is 9.44. The van der Waals surface area contributed by atoms with Crippen LogP contribution in [0.5, 0.6) is 0 Å². The standard InChI is InChI=1S/C7H9IN2S/c1-7(2)3-4(7)5-9-6(8)10-11-5/h4H,3H2,1-2H3. The first kappa shape index (κ1) is 7.91. The van der Waals surface area contributed by atoms with Crippen LogP contribution < -0.4 is 0 Å². The molecular formula is C7H9IN2S. The van der Waals surface area contributed by atoms with Crippen molar-refractivity contribution in [1.29, 1.82) is 0 Å². The molecule has 0 saturated heterocycles. The van der Waals surface area contributed by atoms with E-state index in [9.17, 15) is 0 Å². The van der Waals surface area contributed by atoms with Gasteiger partial charge in [-0.05, 0) is 23.4 Å². The maximum Gasteiger partial charge on any atom is 0.203 e. The molecule has 1 atom stereocenters. The highest BCUT2D eigenvalue weighted by Crippen LogP contribution is 2.58. The van der Waals surface area contributed by atoms with Crippen molar-refractivity contribution in [3.05, 3.63) is 8.84 Å². The lowest BCUT2D eigenvalue weighted by atomic mass is 10.1. The summed E-state index contributed by atoms with van der Waals surface area (Å²) in [4.78, 5) is 4.36. The maximum absolute atomic E-state index is 4.36. The first-order chi connectivity index (χ1) is 5.09. The Morgan fingerprint density at radius 2 is 2.27 bits per heavy atom. The maximum atomic E-state index is 4.36. The molecule has 0 bridgehead atoms. The van der Waals surface area contributed by atoms with E-state index in [1.54, 1.807) is 11.5 Å². The predicted molar refractivity (Wildman–Crippen MR) is 53.8 cm³/mol. The van der Waals surface area contributed by atoms with Crippen LogP contribution in [0.15, 0.2) is 0 Å². The number of nitrogens with zero attached hydrogens (tertiary/aromatic N) is 2. The van der Waals surface area contributed by atoms with Crippen LogP contribution in [0.25, 0.3) is 0 Å². The second-order valence-electron chi connectivity index (χ2n) is 3.65. The molecule has 1 saturated carbocycles. The van der Waals surface area contributed by atoms with Crippen molar-refractivity contribution in [1.82, 2.24) is 9.36 Å². The van der Waals surface area contributed by atoms with Gasteiger partial charge in [-0.25, -0.2) is 4.98 Å². The number of hydrogen-bond acceptors (Lipinski definition) is 3. The lowest BCUT2D eigenvalue weighted by Crippen LogP contribution is -1.88. The molecule has 2 rings (SSSR count). The van der Waals surface area contributed by atoms with Crippen LogP contribution in [0.3, 0.4) is 0 Å². The van der Waals surface area contributed by atoms with Gasteiger partial charge in [-0.2, -0.15) is 4.37 Å². The summed E-state index contributed by atoms with van der Waals surface area (Å²) in [5.41, 5.74) is 0.489. The zero-order valence-electron chi connectivity index (χ0n) is 6.47. The second kappa shape index (κ2) is 2.39. The molecule has 0 aromatic carbocycles. The van der Waals surface area contributed by atoms with Gasteiger partial charge >= 0.3 is 0 Å². The summed E-state index contributed by atoms with van der Waals surface area (Å²) in [6.07, 6.45) is 1.28. The SMILES string of the molecule is CC1(C)CC1c1nc(I)ns1. The van der Waals surface area contributed by atoms with Gasteiger partial charge in [0.1, 0.15) is 5.01 Å². The molecule has 60 valence electrons. The van der Waals surface area contributed by atoms with Crippen LogP contribution in [0.4, 0.5) is 0 Å². The molecular weight excluding hydrogens is 271 g/mol. The van der Waals surface area contributed by atoms with E-state index in [4.69, 9.17) is 0 Å². The molecule has 0 radical (unpaired) electrons. The third-order valence-corrected chi connectivity index (χ3v) is 3.87. The Balaban J connectivity index is 2.20. The second-order valence-corrected chi connectivity index (χ2v) is 5.40. The average Bonchev–Trinajstić information content (AvgIpc) is 2.39. The van der Waals surface area contributed by atoms with Crippen molar-refractivity contribution in [3.8, 4) is 0 Å². The Kier molecular flexibility index (Phi) is 1.72. The molecule has 1 fully saturated rings. The minimum absolute atomic E-state index is 0.489. The van der Waals surface area contributed by atoms with Gasteiger partial charge in [0.25, 0.3) is 0 Å². The van der Waals surface area contributed by atoms with Gasteiger partial charge in [-0.3, -0.25) is 0 Å².